The van der Waals surface area contributed by atoms with Gasteiger partial charge in [-0.2, -0.15) is 4.98 Å². The minimum atomic E-state index is 0.423. The molecular weight excluding hydrogens is 206 g/mol. The molecule has 1 rings (SSSR count). The molecule has 0 aliphatic heterocycles. The molecule has 0 aliphatic rings. The maximum atomic E-state index is 5.32. The summed E-state index contributed by atoms with van der Waals surface area (Å²) in [6.07, 6.45) is 1.68. The molecular formula is C10H19N5O. The lowest BCUT2D eigenvalue weighted by Gasteiger charge is -2.21. The van der Waals surface area contributed by atoms with Crippen LogP contribution in [-0.2, 0) is 4.74 Å². The van der Waals surface area contributed by atoms with Crippen LogP contribution in [0.4, 0.5) is 11.8 Å². The van der Waals surface area contributed by atoms with E-state index in [1.165, 1.54) is 0 Å². The minimum Gasteiger partial charge on any atom is -0.380 e. The normalized spacial score (nSPS) is 10.2. The predicted molar refractivity (Wildman–Crippen MR) is 64.2 cm³/mol. The van der Waals surface area contributed by atoms with Crippen molar-refractivity contribution in [3.8, 4) is 0 Å². The summed E-state index contributed by atoms with van der Waals surface area (Å²) in [5.41, 5.74) is 2.43. The molecule has 0 aromatic carbocycles. The number of ether oxygens (including phenoxy) is 1. The van der Waals surface area contributed by atoms with Crippen LogP contribution in [0.3, 0.4) is 0 Å². The van der Waals surface area contributed by atoms with E-state index in [1.807, 2.05) is 13.0 Å². The molecule has 0 saturated carbocycles. The summed E-state index contributed by atoms with van der Waals surface area (Å²) in [4.78, 5) is 10.3. The van der Waals surface area contributed by atoms with E-state index in [0.29, 0.717) is 12.6 Å². The second-order valence-corrected chi connectivity index (χ2v) is 3.16. The van der Waals surface area contributed by atoms with Crippen molar-refractivity contribution in [3.63, 3.8) is 0 Å². The summed E-state index contributed by atoms with van der Waals surface area (Å²) in [7, 11) is 0. The molecule has 16 heavy (non-hydrogen) atoms. The number of likely N-dealkylation sites (N-methyl/N-ethyl adjacent to an activating group) is 1. The Morgan fingerprint density at radius 1 is 1.50 bits per heavy atom. The monoisotopic (exact) mass is 225 g/mol. The van der Waals surface area contributed by atoms with Gasteiger partial charge in [-0.05, 0) is 19.9 Å². The van der Waals surface area contributed by atoms with E-state index in [2.05, 4.69) is 27.2 Å². The lowest BCUT2D eigenvalue weighted by atomic mass is 10.4. The van der Waals surface area contributed by atoms with Crippen LogP contribution in [0.5, 0.6) is 0 Å². The number of anilines is 2. The number of hydrogen-bond acceptors (Lipinski definition) is 6. The Kier molecular flexibility index (Phi) is 5.52. The van der Waals surface area contributed by atoms with Gasteiger partial charge < -0.3 is 9.64 Å². The number of hydrazine groups is 1. The summed E-state index contributed by atoms with van der Waals surface area (Å²) in [6, 6.07) is 1.86. The van der Waals surface area contributed by atoms with Crippen molar-refractivity contribution < 1.29 is 4.74 Å². The lowest BCUT2D eigenvalue weighted by Crippen LogP contribution is -2.28. The van der Waals surface area contributed by atoms with E-state index in [9.17, 15) is 0 Å². The molecule has 0 aliphatic carbocycles. The van der Waals surface area contributed by atoms with Crippen LogP contribution in [-0.4, -0.2) is 36.3 Å². The van der Waals surface area contributed by atoms with Gasteiger partial charge in [0, 0.05) is 25.9 Å². The Labute approximate surface area is 95.8 Å². The Bertz CT molecular complexity index is 307. The van der Waals surface area contributed by atoms with Crippen molar-refractivity contribution in [1.82, 2.24) is 9.97 Å². The summed E-state index contributed by atoms with van der Waals surface area (Å²) >= 11 is 0. The molecule has 6 heteroatoms. The molecule has 3 N–H and O–H groups in total. The Morgan fingerprint density at radius 2 is 2.31 bits per heavy atom. The van der Waals surface area contributed by atoms with Crippen LogP contribution in [0.2, 0.25) is 0 Å². The average Bonchev–Trinajstić information content (AvgIpc) is 2.35. The van der Waals surface area contributed by atoms with E-state index in [-0.39, 0.29) is 0 Å². The van der Waals surface area contributed by atoms with Crippen LogP contribution in [0.25, 0.3) is 0 Å². The van der Waals surface area contributed by atoms with E-state index in [1.54, 1.807) is 6.20 Å². The van der Waals surface area contributed by atoms with Gasteiger partial charge in [0.15, 0.2) is 0 Å². The lowest BCUT2D eigenvalue weighted by molar-refractivity contribution is 0.154. The molecule has 1 heterocycles. The third-order valence-electron chi connectivity index (χ3n) is 2.19. The van der Waals surface area contributed by atoms with Gasteiger partial charge in [0.05, 0.1) is 6.61 Å². The smallest absolute Gasteiger partial charge is 0.239 e. The van der Waals surface area contributed by atoms with Crippen molar-refractivity contribution >= 4 is 11.8 Å². The number of hydrogen-bond donors (Lipinski definition) is 2. The largest absolute Gasteiger partial charge is 0.380 e. The summed E-state index contributed by atoms with van der Waals surface area (Å²) in [5.74, 6) is 6.54. The van der Waals surface area contributed by atoms with Crippen LogP contribution in [0.1, 0.15) is 13.8 Å². The van der Waals surface area contributed by atoms with E-state index in [4.69, 9.17) is 10.6 Å². The third kappa shape index (κ3) is 3.63. The average molecular weight is 225 g/mol. The van der Waals surface area contributed by atoms with Crippen molar-refractivity contribution in [2.24, 2.45) is 5.84 Å². The SMILES string of the molecule is CCOCCN(CC)c1ccnc(NN)n1. The van der Waals surface area contributed by atoms with E-state index in [0.717, 1.165) is 25.5 Å². The van der Waals surface area contributed by atoms with Gasteiger partial charge in [-0.1, -0.05) is 0 Å². The first-order chi connectivity index (χ1) is 7.81. The summed E-state index contributed by atoms with van der Waals surface area (Å²) < 4.78 is 5.32. The van der Waals surface area contributed by atoms with Crippen molar-refractivity contribution in [3.05, 3.63) is 12.3 Å². The first-order valence-corrected chi connectivity index (χ1v) is 5.44. The zero-order valence-electron chi connectivity index (χ0n) is 9.81. The van der Waals surface area contributed by atoms with Gasteiger partial charge in [0.1, 0.15) is 5.82 Å². The standard InChI is InChI=1S/C10H19N5O/c1-3-15(7-8-16-4-2)9-5-6-12-10(13-9)14-11/h5-6H,3-4,7-8,11H2,1-2H3,(H,12,13,14). The molecule has 0 unspecified atom stereocenters. The van der Waals surface area contributed by atoms with Crippen LogP contribution in [0, 0.1) is 0 Å². The molecule has 1 aromatic heterocycles. The molecule has 0 amide bonds. The fraction of sp³-hybridized carbons (Fsp3) is 0.600. The minimum absolute atomic E-state index is 0.423. The second-order valence-electron chi connectivity index (χ2n) is 3.16. The van der Waals surface area contributed by atoms with Gasteiger partial charge in [-0.3, -0.25) is 5.43 Å². The Morgan fingerprint density at radius 3 is 2.94 bits per heavy atom. The second kappa shape index (κ2) is 6.97. The molecule has 90 valence electrons. The fourth-order valence-corrected chi connectivity index (χ4v) is 1.35. The summed E-state index contributed by atoms with van der Waals surface area (Å²) in [5, 5.41) is 0. The van der Waals surface area contributed by atoms with Gasteiger partial charge in [-0.15, -0.1) is 0 Å². The number of nitrogens with zero attached hydrogens (tertiary/aromatic N) is 3. The maximum absolute atomic E-state index is 5.32. The van der Waals surface area contributed by atoms with Crippen LogP contribution < -0.4 is 16.2 Å². The number of aromatic nitrogens is 2. The van der Waals surface area contributed by atoms with E-state index < -0.39 is 0 Å². The van der Waals surface area contributed by atoms with Crippen molar-refractivity contribution in [1.29, 1.82) is 0 Å². The van der Waals surface area contributed by atoms with Gasteiger partial charge in [0.2, 0.25) is 5.95 Å². The highest BCUT2D eigenvalue weighted by Crippen LogP contribution is 2.10. The van der Waals surface area contributed by atoms with Gasteiger partial charge >= 0.3 is 0 Å². The zero-order valence-corrected chi connectivity index (χ0v) is 9.81. The van der Waals surface area contributed by atoms with Crippen molar-refractivity contribution in [2.45, 2.75) is 13.8 Å². The fourth-order valence-electron chi connectivity index (χ4n) is 1.35. The number of nitrogen functional groups attached to an aromatic ring is 1. The van der Waals surface area contributed by atoms with Gasteiger partial charge in [0.25, 0.3) is 0 Å². The van der Waals surface area contributed by atoms with E-state index >= 15 is 0 Å². The maximum Gasteiger partial charge on any atom is 0.239 e. The zero-order chi connectivity index (χ0) is 11.8. The molecule has 0 spiro atoms. The highest BCUT2D eigenvalue weighted by atomic mass is 16.5. The quantitative estimate of drug-likeness (QED) is 0.402. The highest BCUT2D eigenvalue weighted by molar-refractivity contribution is 5.41. The Hall–Kier alpha value is -1.40. The molecule has 0 atom stereocenters. The molecule has 0 bridgehead atoms. The van der Waals surface area contributed by atoms with Crippen molar-refractivity contribution in [2.75, 3.05) is 36.6 Å². The third-order valence-corrected chi connectivity index (χ3v) is 2.19. The predicted octanol–water partition coefficient (Wildman–Crippen LogP) is 0.625. The molecule has 0 radical (unpaired) electrons. The molecule has 0 fully saturated rings. The van der Waals surface area contributed by atoms with Crippen LogP contribution >= 0.6 is 0 Å². The Balaban J connectivity index is 2.62. The molecule has 0 saturated heterocycles. The molecule has 1 aromatic rings. The van der Waals surface area contributed by atoms with Gasteiger partial charge in [-0.25, -0.2) is 10.8 Å². The first kappa shape index (κ1) is 12.7. The molecule has 6 nitrogen and oxygen atoms in total. The summed E-state index contributed by atoms with van der Waals surface area (Å²) in [6.45, 7) is 7.16. The van der Waals surface area contributed by atoms with Crippen LogP contribution in [0.15, 0.2) is 12.3 Å². The number of rotatable bonds is 7. The number of nitrogens with two attached hydrogens (primary N) is 1. The number of nitrogens with one attached hydrogen (secondary N) is 1. The first-order valence-electron chi connectivity index (χ1n) is 5.44. The highest BCUT2D eigenvalue weighted by Gasteiger charge is 2.06. The topological polar surface area (TPSA) is 76.3 Å².